The van der Waals surface area contributed by atoms with Crippen molar-refractivity contribution in [3.63, 3.8) is 0 Å². The highest BCUT2D eigenvalue weighted by Crippen LogP contribution is 2.26. The normalized spacial score (nSPS) is 15.2. The second-order valence-electron chi connectivity index (χ2n) is 6.70. The quantitative estimate of drug-likeness (QED) is 0.494. The number of nitrogens with two attached hydrogens (primary N) is 1. The fourth-order valence-corrected chi connectivity index (χ4v) is 3.12. The predicted octanol–water partition coefficient (Wildman–Crippen LogP) is 5.52. The van der Waals surface area contributed by atoms with Crippen molar-refractivity contribution in [3.8, 4) is 0 Å². The molecule has 0 atom stereocenters. The van der Waals surface area contributed by atoms with Crippen LogP contribution in [-0.2, 0) is 4.79 Å². The van der Waals surface area contributed by atoms with Crippen LogP contribution in [0.15, 0.2) is 0 Å². The zero-order valence-electron chi connectivity index (χ0n) is 14.8. The molecule has 22 heavy (non-hydrogen) atoms. The Morgan fingerprint density at radius 1 is 0.955 bits per heavy atom. The first-order valence-electron chi connectivity index (χ1n) is 9.62. The van der Waals surface area contributed by atoms with Crippen LogP contribution in [0.2, 0.25) is 0 Å². The molecular weight excluding hydrogens is 274 g/mol. The van der Waals surface area contributed by atoms with Crippen LogP contribution in [0, 0.1) is 5.92 Å². The van der Waals surface area contributed by atoms with Crippen LogP contribution in [-0.4, -0.2) is 17.6 Å². The first-order valence-corrected chi connectivity index (χ1v) is 9.62. The van der Waals surface area contributed by atoms with Gasteiger partial charge in [-0.05, 0) is 31.7 Å². The maximum Gasteiger partial charge on any atom is 0.303 e. The summed E-state index contributed by atoms with van der Waals surface area (Å²) >= 11 is 0. The zero-order valence-corrected chi connectivity index (χ0v) is 14.8. The summed E-state index contributed by atoms with van der Waals surface area (Å²) in [5, 5.41) is 8.35. The van der Waals surface area contributed by atoms with Crippen molar-refractivity contribution in [1.29, 1.82) is 0 Å². The molecule has 0 radical (unpaired) electrons. The number of hydrogen-bond acceptors (Lipinski definition) is 2. The van der Waals surface area contributed by atoms with Crippen molar-refractivity contribution in [2.45, 2.75) is 103 Å². The third-order valence-corrected chi connectivity index (χ3v) is 4.54. The summed E-state index contributed by atoms with van der Waals surface area (Å²) < 4.78 is 0. The number of rotatable bonds is 11. The third kappa shape index (κ3) is 15.8. The van der Waals surface area contributed by atoms with Crippen LogP contribution < -0.4 is 5.73 Å². The SMILES string of the molecule is CCCCCCCCCC(=O)O.NCCCC1CCCCC1. The van der Waals surface area contributed by atoms with E-state index in [0.29, 0.717) is 6.42 Å². The molecule has 0 unspecified atom stereocenters. The van der Waals surface area contributed by atoms with Gasteiger partial charge in [0.05, 0.1) is 0 Å². The minimum atomic E-state index is -0.663. The number of unbranched alkanes of at least 4 members (excludes halogenated alkanes) is 6. The lowest BCUT2D eigenvalue weighted by molar-refractivity contribution is -0.137. The number of carbonyl (C=O) groups is 1. The van der Waals surface area contributed by atoms with Crippen molar-refractivity contribution >= 4 is 5.97 Å². The van der Waals surface area contributed by atoms with E-state index in [1.807, 2.05) is 0 Å². The Bertz CT molecular complexity index is 238. The molecule has 1 saturated carbocycles. The Balaban J connectivity index is 0.000000406. The summed E-state index contributed by atoms with van der Waals surface area (Å²) in [6.45, 7) is 3.08. The molecule has 0 aromatic heterocycles. The van der Waals surface area contributed by atoms with E-state index >= 15 is 0 Å². The standard InChI is InChI=1S/C10H20O2.C9H19N/c1-2-3-4-5-6-7-8-9-10(11)12;10-8-4-7-9-5-2-1-3-6-9/h2-9H2,1H3,(H,11,12);9H,1-8,10H2. The molecule has 1 aliphatic rings. The molecule has 1 rings (SSSR count). The molecule has 0 aliphatic heterocycles. The van der Waals surface area contributed by atoms with Gasteiger partial charge >= 0.3 is 5.97 Å². The summed E-state index contributed by atoms with van der Waals surface area (Å²) in [5.74, 6) is 0.362. The summed E-state index contributed by atoms with van der Waals surface area (Å²) in [5.41, 5.74) is 5.45. The summed E-state index contributed by atoms with van der Waals surface area (Å²) in [7, 11) is 0. The highest BCUT2D eigenvalue weighted by Gasteiger charge is 2.11. The number of carboxylic acid groups (broad SMARTS) is 1. The van der Waals surface area contributed by atoms with E-state index in [4.69, 9.17) is 10.8 Å². The second kappa shape index (κ2) is 16.8. The van der Waals surface area contributed by atoms with E-state index in [0.717, 1.165) is 25.3 Å². The zero-order chi connectivity index (χ0) is 16.5. The lowest BCUT2D eigenvalue weighted by Gasteiger charge is -2.20. The van der Waals surface area contributed by atoms with Crippen molar-refractivity contribution in [2.24, 2.45) is 11.7 Å². The number of carboxylic acids is 1. The molecule has 0 amide bonds. The molecule has 0 bridgehead atoms. The van der Waals surface area contributed by atoms with Crippen LogP contribution in [0.4, 0.5) is 0 Å². The minimum Gasteiger partial charge on any atom is -0.481 e. The first-order chi connectivity index (χ1) is 10.7. The molecule has 3 N–H and O–H groups in total. The van der Waals surface area contributed by atoms with Crippen molar-refractivity contribution in [2.75, 3.05) is 6.54 Å². The average molecular weight is 314 g/mol. The van der Waals surface area contributed by atoms with Crippen LogP contribution in [0.25, 0.3) is 0 Å². The summed E-state index contributed by atoms with van der Waals surface area (Å²) in [4.78, 5) is 10.1. The highest BCUT2D eigenvalue weighted by molar-refractivity contribution is 5.66. The van der Waals surface area contributed by atoms with Gasteiger partial charge in [0, 0.05) is 6.42 Å². The van der Waals surface area contributed by atoms with Crippen molar-refractivity contribution < 1.29 is 9.90 Å². The van der Waals surface area contributed by atoms with Gasteiger partial charge < -0.3 is 10.8 Å². The average Bonchev–Trinajstić information content (AvgIpc) is 2.53. The molecule has 0 spiro atoms. The van der Waals surface area contributed by atoms with Gasteiger partial charge in [0.1, 0.15) is 0 Å². The number of aliphatic carboxylic acids is 1. The van der Waals surface area contributed by atoms with Crippen LogP contribution in [0.3, 0.4) is 0 Å². The van der Waals surface area contributed by atoms with E-state index in [9.17, 15) is 4.79 Å². The van der Waals surface area contributed by atoms with Gasteiger partial charge in [-0.1, -0.05) is 77.6 Å². The Hall–Kier alpha value is -0.570. The molecule has 0 aromatic carbocycles. The van der Waals surface area contributed by atoms with E-state index < -0.39 is 5.97 Å². The van der Waals surface area contributed by atoms with Crippen molar-refractivity contribution in [3.05, 3.63) is 0 Å². The Morgan fingerprint density at radius 3 is 2.09 bits per heavy atom. The molecule has 1 aliphatic carbocycles. The minimum absolute atomic E-state index is 0.341. The van der Waals surface area contributed by atoms with Gasteiger partial charge in [-0.25, -0.2) is 0 Å². The van der Waals surface area contributed by atoms with Gasteiger partial charge in [0.2, 0.25) is 0 Å². The third-order valence-electron chi connectivity index (χ3n) is 4.54. The monoisotopic (exact) mass is 313 g/mol. The molecule has 0 heterocycles. The Morgan fingerprint density at radius 2 is 1.55 bits per heavy atom. The van der Waals surface area contributed by atoms with Gasteiger partial charge in [-0.15, -0.1) is 0 Å². The molecule has 132 valence electrons. The van der Waals surface area contributed by atoms with Crippen molar-refractivity contribution in [1.82, 2.24) is 0 Å². The van der Waals surface area contributed by atoms with E-state index in [-0.39, 0.29) is 0 Å². The van der Waals surface area contributed by atoms with Gasteiger partial charge in [0.15, 0.2) is 0 Å². The summed E-state index contributed by atoms with van der Waals surface area (Å²) in [6.07, 6.45) is 18.6. The lowest BCUT2D eigenvalue weighted by atomic mass is 9.86. The maximum absolute atomic E-state index is 10.1. The van der Waals surface area contributed by atoms with Gasteiger partial charge in [0.25, 0.3) is 0 Å². The van der Waals surface area contributed by atoms with E-state index in [1.54, 1.807) is 0 Å². The maximum atomic E-state index is 10.1. The molecule has 1 fully saturated rings. The fourth-order valence-electron chi connectivity index (χ4n) is 3.12. The second-order valence-corrected chi connectivity index (χ2v) is 6.70. The Labute approximate surface area is 138 Å². The molecule has 3 nitrogen and oxygen atoms in total. The first kappa shape index (κ1) is 21.4. The topological polar surface area (TPSA) is 63.3 Å². The van der Waals surface area contributed by atoms with Crippen LogP contribution in [0.1, 0.15) is 103 Å². The van der Waals surface area contributed by atoms with Gasteiger partial charge in [-0.3, -0.25) is 4.79 Å². The molecule has 3 heteroatoms. The summed E-state index contributed by atoms with van der Waals surface area (Å²) in [6, 6.07) is 0. The highest BCUT2D eigenvalue weighted by atomic mass is 16.4. The van der Waals surface area contributed by atoms with Gasteiger partial charge in [-0.2, -0.15) is 0 Å². The van der Waals surface area contributed by atoms with Crippen LogP contribution in [0.5, 0.6) is 0 Å². The largest absolute Gasteiger partial charge is 0.481 e. The molecular formula is C19H39NO2. The number of hydrogen-bond donors (Lipinski definition) is 2. The smallest absolute Gasteiger partial charge is 0.303 e. The predicted molar refractivity (Wildman–Crippen MR) is 95.1 cm³/mol. The molecule has 0 saturated heterocycles. The van der Waals surface area contributed by atoms with Crippen LogP contribution >= 0.6 is 0 Å². The Kier molecular flexibility index (Phi) is 16.4. The fraction of sp³-hybridized carbons (Fsp3) is 0.947. The lowest BCUT2D eigenvalue weighted by Crippen LogP contribution is -2.08. The van der Waals surface area contributed by atoms with E-state index in [1.165, 1.54) is 77.0 Å². The van der Waals surface area contributed by atoms with E-state index in [2.05, 4.69) is 6.92 Å². The molecule has 0 aromatic rings.